The maximum absolute atomic E-state index is 12.7. The van der Waals surface area contributed by atoms with Crippen LogP contribution in [-0.4, -0.2) is 40.1 Å². The van der Waals surface area contributed by atoms with Crippen LogP contribution in [0.2, 0.25) is 5.02 Å². The first-order valence-corrected chi connectivity index (χ1v) is 10.4. The summed E-state index contributed by atoms with van der Waals surface area (Å²) in [7, 11) is 0. The van der Waals surface area contributed by atoms with E-state index in [1.807, 2.05) is 54.3 Å². The molecule has 3 aromatic rings. The summed E-state index contributed by atoms with van der Waals surface area (Å²) >= 11 is 5.92. The molecular weight excluding hydrogens is 402 g/mol. The summed E-state index contributed by atoms with van der Waals surface area (Å²) in [6.07, 6.45) is 1.33. The predicted molar refractivity (Wildman–Crippen MR) is 116 cm³/mol. The average molecular weight is 428 g/mol. The third-order valence-electron chi connectivity index (χ3n) is 4.92. The van der Waals surface area contributed by atoms with Gasteiger partial charge in [-0.3, -0.25) is 4.79 Å². The molecule has 0 saturated heterocycles. The predicted octanol–water partition coefficient (Wildman–Crippen LogP) is 4.78. The van der Waals surface area contributed by atoms with Crippen molar-refractivity contribution in [2.45, 2.75) is 39.3 Å². The lowest BCUT2D eigenvalue weighted by Gasteiger charge is -2.28. The van der Waals surface area contributed by atoms with Gasteiger partial charge in [-0.05, 0) is 43.2 Å². The van der Waals surface area contributed by atoms with Gasteiger partial charge >= 0.3 is 0 Å². The molecule has 1 heterocycles. The number of carbonyl (C=O) groups excluding carboxylic acids is 1. The standard InChI is InChI=1S/C23H26ClN3O3/c1-3-17(2)27(22(28)16-29-15-18-7-5-4-6-8-18)14-13-21-25-23(26-30-21)19-9-11-20(24)12-10-19/h4-12,17H,3,13-16H2,1-2H3/t17-/m1/s1. The van der Waals surface area contributed by atoms with Gasteiger partial charge in [0.05, 0.1) is 6.61 Å². The summed E-state index contributed by atoms with van der Waals surface area (Å²) < 4.78 is 11.0. The molecule has 1 amide bonds. The topological polar surface area (TPSA) is 68.5 Å². The number of amides is 1. The SMILES string of the molecule is CC[C@@H](C)N(CCc1nc(-c2ccc(Cl)cc2)no1)C(=O)COCc1ccccc1. The van der Waals surface area contributed by atoms with E-state index in [0.717, 1.165) is 17.5 Å². The van der Waals surface area contributed by atoms with Crippen molar-refractivity contribution in [1.29, 1.82) is 0 Å². The van der Waals surface area contributed by atoms with E-state index in [-0.39, 0.29) is 18.6 Å². The van der Waals surface area contributed by atoms with Crippen molar-refractivity contribution in [2.24, 2.45) is 0 Å². The summed E-state index contributed by atoms with van der Waals surface area (Å²) in [5.41, 5.74) is 1.87. The van der Waals surface area contributed by atoms with Crippen LogP contribution in [0.25, 0.3) is 11.4 Å². The summed E-state index contributed by atoms with van der Waals surface area (Å²) in [5, 5.41) is 4.68. The van der Waals surface area contributed by atoms with E-state index in [0.29, 0.717) is 36.3 Å². The number of rotatable bonds is 10. The minimum absolute atomic E-state index is 0.0408. The number of hydrogen-bond donors (Lipinski definition) is 0. The van der Waals surface area contributed by atoms with E-state index in [2.05, 4.69) is 17.1 Å². The Kier molecular flexibility index (Phi) is 7.99. The maximum Gasteiger partial charge on any atom is 0.248 e. The van der Waals surface area contributed by atoms with Crippen LogP contribution < -0.4 is 0 Å². The third-order valence-corrected chi connectivity index (χ3v) is 5.17. The second-order valence-corrected chi connectivity index (χ2v) is 7.53. The van der Waals surface area contributed by atoms with Crippen LogP contribution in [0.15, 0.2) is 59.1 Å². The first-order valence-electron chi connectivity index (χ1n) is 10.1. The van der Waals surface area contributed by atoms with E-state index in [4.69, 9.17) is 20.9 Å². The average Bonchev–Trinajstić information content (AvgIpc) is 3.24. The second-order valence-electron chi connectivity index (χ2n) is 7.09. The van der Waals surface area contributed by atoms with Crippen molar-refractivity contribution < 1.29 is 14.1 Å². The molecule has 0 bridgehead atoms. The highest BCUT2D eigenvalue weighted by atomic mass is 35.5. The summed E-state index contributed by atoms with van der Waals surface area (Å²) in [5.74, 6) is 0.957. The van der Waals surface area contributed by atoms with Crippen molar-refractivity contribution in [3.8, 4) is 11.4 Å². The minimum Gasteiger partial charge on any atom is -0.367 e. The molecule has 6 nitrogen and oxygen atoms in total. The van der Waals surface area contributed by atoms with Gasteiger partial charge in [0.25, 0.3) is 0 Å². The van der Waals surface area contributed by atoms with E-state index >= 15 is 0 Å². The Morgan fingerprint density at radius 2 is 1.90 bits per heavy atom. The van der Waals surface area contributed by atoms with Crippen molar-refractivity contribution in [3.05, 3.63) is 71.1 Å². The van der Waals surface area contributed by atoms with Crippen molar-refractivity contribution >= 4 is 17.5 Å². The molecule has 0 unspecified atom stereocenters. The largest absolute Gasteiger partial charge is 0.367 e. The lowest BCUT2D eigenvalue weighted by Crippen LogP contribution is -2.41. The minimum atomic E-state index is -0.0438. The van der Waals surface area contributed by atoms with E-state index in [9.17, 15) is 4.79 Å². The highest BCUT2D eigenvalue weighted by molar-refractivity contribution is 6.30. The fraction of sp³-hybridized carbons (Fsp3) is 0.348. The number of halogens is 1. The van der Waals surface area contributed by atoms with Crippen molar-refractivity contribution in [2.75, 3.05) is 13.2 Å². The zero-order chi connectivity index (χ0) is 21.3. The quantitative estimate of drug-likeness (QED) is 0.466. The Bertz CT molecular complexity index is 928. The van der Waals surface area contributed by atoms with Gasteiger partial charge in [0, 0.05) is 29.6 Å². The van der Waals surface area contributed by atoms with Crippen LogP contribution in [-0.2, 0) is 22.6 Å². The summed E-state index contributed by atoms with van der Waals surface area (Å²) in [6.45, 7) is 5.03. The smallest absolute Gasteiger partial charge is 0.248 e. The van der Waals surface area contributed by atoms with Gasteiger partial charge in [-0.15, -0.1) is 0 Å². The molecule has 30 heavy (non-hydrogen) atoms. The number of ether oxygens (including phenoxy) is 1. The molecule has 1 atom stereocenters. The first-order chi connectivity index (χ1) is 14.6. The number of benzene rings is 2. The van der Waals surface area contributed by atoms with E-state index in [1.165, 1.54) is 0 Å². The van der Waals surface area contributed by atoms with Gasteiger partial charge in [0.1, 0.15) is 6.61 Å². The van der Waals surface area contributed by atoms with Crippen LogP contribution in [0.1, 0.15) is 31.7 Å². The van der Waals surface area contributed by atoms with Gasteiger partial charge in [-0.2, -0.15) is 4.98 Å². The molecule has 0 saturated carbocycles. The molecule has 1 aromatic heterocycles. The van der Waals surface area contributed by atoms with E-state index < -0.39 is 0 Å². The van der Waals surface area contributed by atoms with Gasteiger partial charge < -0.3 is 14.2 Å². The zero-order valence-corrected chi connectivity index (χ0v) is 18.0. The molecule has 0 aliphatic rings. The molecule has 158 valence electrons. The molecule has 0 aliphatic heterocycles. The molecular formula is C23H26ClN3O3. The third kappa shape index (κ3) is 6.15. The molecule has 0 aliphatic carbocycles. The van der Waals surface area contributed by atoms with Crippen LogP contribution >= 0.6 is 11.6 Å². The lowest BCUT2D eigenvalue weighted by molar-refractivity contribution is -0.138. The monoisotopic (exact) mass is 427 g/mol. The highest BCUT2D eigenvalue weighted by Gasteiger charge is 2.20. The molecule has 7 heteroatoms. The molecule has 3 rings (SSSR count). The fourth-order valence-electron chi connectivity index (χ4n) is 3.01. The van der Waals surface area contributed by atoms with Crippen LogP contribution in [0.4, 0.5) is 0 Å². The Hall–Kier alpha value is -2.70. The normalized spacial score (nSPS) is 12.0. The van der Waals surface area contributed by atoms with E-state index in [1.54, 1.807) is 12.1 Å². The van der Waals surface area contributed by atoms with Crippen molar-refractivity contribution in [3.63, 3.8) is 0 Å². The molecule has 0 fully saturated rings. The van der Waals surface area contributed by atoms with Crippen molar-refractivity contribution in [1.82, 2.24) is 15.0 Å². The fourth-order valence-corrected chi connectivity index (χ4v) is 3.14. The lowest BCUT2D eigenvalue weighted by atomic mass is 10.2. The Morgan fingerprint density at radius 1 is 1.17 bits per heavy atom. The van der Waals surface area contributed by atoms with Gasteiger partial charge in [-0.1, -0.05) is 54.0 Å². The van der Waals surface area contributed by atoms with Crippen LogP contribution in [0.5, 0.6) is 0 Å². The second kappa shape index (κ2) is 10.9. The molecule has 0 N–H and O–H groups in total. The highest BCUT2D eigenvalue weighted by Crippen LogP contribution is 2.19. The summed E-state index contributed by atoms with van der Waals surface area (Å²) in [6, 6.07) is 17.2. The number of nitrogens with zero attached hydrogens (tertiary/aromatic N) is 3. The number of carbonyl (C=O) groups is 1. The maximum atomic E-state index is 12.7. The number of hydrogen-bond acceptors (Lipinski definition) is 5. The van der Waals surface area contributed by atoms with Gasteiger partial charge in [0.2, 0.25) is 17.6 Å². The summed E-state index contributed by atoms with van der Waals surface area (Å²) in [4.78, 5) is 19.0. The molecule has 2 aromatic carbocycles. The Balaban J connectivity index is 1.55. The molecule has 0 radical (unpaired) electrons. The van der Waals surface area contributed by atoms with Crippen LogP contribution in [0.3, 0.4) is 0 Å². The van der Waals surface area contributed by atoms with Gasteiger partial charge in [-0.25, -0.2) is 0 Å². The molecule has 0 spiro atoms. The number of aromatic nitrogens is 2. The first kappa shape index (κ1) is 22.0. The Labute approximate surface area is 181 Å². The zero-order valence-electron chi connectivity index (χ0n) is 17.3. The van der Waals surface area contributed by atoms with Gasteiger partial charge in [0.15, 0.2) is 0 Å². The van der Waals surface area contributed by atoms with Crippen LogP contribution in [0, 0.1) is 0 Å². The Morgan fingerprint density at radius 3 is 2.60 bits per heavy atom.